The molecule has 1 aliphatic heterocycles. The third kappa shape index (κ3) is 5.41. The number of sulfone groups is 1. The van der Waals surface area contributed by atoms with Gasteiger partial charge in [0, 0.05) is 31.7 Å². The Hall–Kier alpha value is -3.57. The number of nitrogens with zero attached hydrogens (tertiary/aromatic N) is 2. The Balaban J connectivity index is 1.52. The number of nitrogens with one attached hydrogen (secondary N) is 1. The molecule has 3 amide bonds. The number of amides is 3. The molecule has 1 saturated heterocycles. The van der Waals surface area contributed by atoms with E-state index in [0.717, 1.165) is 17.4 Å². The van der Waals surface area contributed by atoms with E-state index >= 15 is 0 Å². The van der Waals surface area contributed by atoms with Crippen molar-refractivity contribution < 1.29 is 27.2 Å². The molecule has 8 nitrogen and oxygen atoms in total. The molecule has 3 aromatic rings. The van der Waals surface area contributed by atoms with Gasteiger partial charge in [-0.3, -0.25) is 14.4 Å². The summed E-state index contributed by atoms with van der Waals surface area (Å²) in [6.45, 7) is 0.404. The number of hydrogen-bond donors (Lipinski definition) is 1. The molecule has 0 unspecified atom stereocenters. The Morgan fingerprint density at radius 1 is 0.886 bits per heavy atom. The molecule has 182 valence electrons. The first-order chi connectivity index (χ1) is 16.8. The predicted molar refractivity (Wildman–Crippen MR) is 128 cm³/mol. The molecule has 11 heteroatoms. The van der Waals surface area contributed by atoms with E-state index in [2.05, 4.69) is 5.32 Å². The molecule has 1 atom stereocenters. The van der Waals surface area contributed by atoms with Crippen LogP contribution in [0.25, 0.3) is 0 Å². The van der Waals surface area contributed by atoms with Crippen LogP contribution in [0.1, 0.15) is 20.0 Å². The largest absolute Gasteiger partial charge is 0.336 e. The first-order valence-electron chi connectivity index (χ1n) is 10.7. The number of carbonyl (C=O) groups is 3. The third-order valence-corrected chi connectivity index (χ3v) is 8.30. The van der Waals surface area contributed by atoms with Crippen molar-refractivity contribution in [3.8, 4) is 0 Å². The quantitative estimate of drug-likeness (QED) is 0.543. The van der Waals surface area contributed by atoms with Gasteiger partial charge in [-0.05, 0) is 41.8 Å². The number of piperazine rings is 1. The number of hydrogen-bond acceptors (Lipinski definition) is 6. The van der Waals surface area contributed by atoms with E-state index in [1.807, 2.05) is 0 Å². The molecular formula is C24H22FN3O5S2. The fourth-order valence-corrected chi connectivity index (χ4v) is 5.83. The normalized spacial score (nSPS) is 14.9. The van der Waals surface area contributed by atoms with E-state index in [1.54, 1.807) is 17.5 Å². The fourth-order valence-electron chi connectivity index (χ4n) is 3.72. The van der Waals surface area contributed by atoms with Crippen molar-refractivity contribution in [3.63, 3.8) is 0 Å². The van der Waals surface area contributed by atoms with Crippen LogP contribution in [-0.2, 0) is 14.6 Å². The summed E-state index contributed by atoms with van der Waals surface area (Å²) in [6.07, 6.45) is 0. The lowest BCUT2D eigenvalue weighted by atomic mass is 10.1. The summed E-state index contributed by atoms with van der Waals surface area (Å²) in [5.41, 5.74) is 0.192. The van der Waals surface area contributed by atoms with Crippen molar-refractivity contribution in [2.24, 2.45) is 0 Å². The highest BCUT2D eigenvalue weighted by Crippen LogP contribution is 2.19. The van der Waals surface area contributed by atoms with Crippen LogP contribution in [0.5, 0.6) is 0 Å². The van der Waals surface area contributed by atoms with Gasteiger partial charge in [-0.1, -0.05) is 30.3 Å². The molecule has 2 heterocycles. The standard InChI is InChI=1S/C24H22FN3O5S2/c25-18-7-4-6-17(16-18)23(30)27-11-13-28(14-12-27)24(31)22(26-21(29)20-10-5-15-34-20)35(32,33)19-8-2-1-3-9-19/h1-10,15-16,22H,11-14H2,(H,26,29)/t22-/m0/s1. The minimum absolute atomic E-state index is 0.0651. The highest BCUT2D eigenvalue weighted by molar-refractivity contribution is 7.92. The SMILES string of the molecule is O=C(N[C@H](C(=O)N1CCN(C(=O)c2cccc(F)c2)CC1)S(=O)(=O)c1ccccc1)c1cccs1. The van der Waals surface area contributed by atoms with E-state index in [9.17, 15) is 27.2 Å². The minimum atomic E-state index is -4.25. The van der Waals surface area contributed by atoms with Gasteiger partial charge in [0.25, 0.3) is 17.7 Å². The Morgan fingerprint density at radius 2 is 1.57 bits per heavy atom. The van der Waals surface area contributed by atoms with Crippen LogP contribution in [0.4, 0.5) is 4.39 Å². The van der Waals surface area contributed by atoms with Crippen molar-refractivity contribution in [1.29, 1.82) is 0 Å². The van der Waals surface area contributed by atoms with Crippen molar-refractivity contribution in [2.45, 2.75) is 10.3 Å². The third-order valence-electron chi connectivity index (χ3n) is 5.56. The van der Waals surface area contributed by atoms with Crippen LogP contribution in [0.2, 0.25) is 0 Å². The molecule has 1 N–H and O–H groups in total. The van der Waals surface area contributed by atoms with E-state index in [4.69, 9.17) is 0 Å². The summed E-state index contributed by atoms with van der Waals surface area (Å²) in [7, 11) is -4.25. The lowest BCUT2D eigenvalue weighted by molar-refractivity contribution is -0.132. The summed E-state index contributed by atoms with van der Waals surface area (Å²) in [5.74, 6) is -2.36. The maximum absolute atomic E-state index is 13.5. The molecule has 1 fully saturated rings. The maximum Gasteiger partial charge on any atom is 0.262 e. The molecular weight excluding hydrogens is 493 g/mol. The van der Waals surface area contributed by atoms with E-state index < -0.39 is 32.8 Å². The molecule has 0 spiro atoms. The number of carbonyl (C=O) groups excluding carboxylic acids is 3. The highest BCUT2D eigenvalue weighted by Gasteiger charge is 2.39. The van der Waals surface area contributed by atoms with Gasteiger partial charge in [0.1, 0.15) is 5.82 Å². The van der Waals surface area contributed by atoms with Gasteiger partial charge in [-0.25, -0.2) is 12.8 Å². The Labute approximate surface area is 205 Å². The van der Waals surface area contributed by atoms with Gasteiger partial charge in [0.15, 0.2) is 0 Å². The number of benzene rings is 2. The molecule has 4 rings (SSSR count). The Bertz CT molecular complexity index is 1320. The summed E-state index contributed by atoms with van der Waals surface area (Å²) in [6, 6.07) is 16.0. The second kappa shape index (κ2) is 10.4. The Kier molecular flexibility index (Phi) is 7.27. The van der Waals surface area contributed by atoms with Crippen LogP contribution in [-0.4, -0.2) is 67.5 Å². The van der Waals surface area contributed by atoms with Gasteiger partial charge in [-0.2, -0.15) is 0 Å². The average Bonchev–Trinajstić information content (AvgIpc) is 3.42. The summed E-state index contributed by atoms with van der Waals surface area (Å²) in [4.78, 5) is 41.7. The highest BCUT2D eigenvalue weighted by atomic mass is 32.2. The van der Waals surface area contributed by atoms with E-state index in [1.165, 1.54) is 58.3 Å². The maximum atomic E-state index is 13.5. The monoisotopic (exact) mass is 515 g/mol. The predicted octanol–water partition coefficient (Wildman–Crippen LogP) is 2.40. The van der Waals surface area contributed by atoms with Crippen LogP contribution >= 0.6 is 11.3 Å². The lowest BCUT2D eigenvalue weighted by Crippen LogP contribution is -2.57. The van der Waals surface area contributed by atoms with Crippen LogP contribution < -0.4 is 5.32 Å². The van der Waals surface area contributed by atoms with Crippen molar-refractivity contribution in [2.75, 3.05) is 26.2 Å². The summed E-state index contributed by atoms with van der Waals surface area (Å²) >= 11 is 1.13. The molecule has 1 aromatic heterocycles. The van der Waals surface area contributed by atoms with Crippen molar-refractivity contribution in [3.05, 3.63) is 88.4 Å². The van der Waals surface area contributed by atoms with Crippen LogP contribution in [0, 0.1) is 5.82 Å². The zero-order valence-corrected chi connectivity index (χ0v) is 20.1. The van der Waals surface area contributed by atoms with Gasteiger partial charge in [-0.15, -0.1) is 11.3 Å². The molecule has 0 aliphatic carbocycles. The smallest absolute Gasteiger partial charge is 0.262 e. The van der Waals surface area contributed by atoms with E-state index in [-0.39, 0.29) is 47.4 Å². The zero-order valence-electron chi connectivity index (χ0n) is 18.5. The van der Waals surface area contributed by atoms with Crippen molar-refractivity contribution in [1.82, 2.24) is 15.1 Å². The van der Waals surface area contributed by atoms with Crippen LogP contribution in [0.15, 0.2) is 77.0 Å². The minimum Gasteiger partial charge on any atom is -0.336 e. The summed E-state index contributed by atoms with van der Waals surface area (Å²) < 4.78 is 40.2. The fraction of sp³-hybridized carbons (Fsp3) is 0.208. The first-order valence-corrected chi connectivity index (χ1v) is 13.2. The number of thiophene rings is 1. The lowest BCUT2D eigenvalue weighted by Gasteiger charge is -2.36. The Morgan fingerprint density at radius 3 is 2.20 bits per heavy atom. The second-order valence-electron chi connectivity index (χ2n) is 7.82. The molecule has 0 radical (unpaired) electrons. The first kappa shape index (κ1) is 24.6. The number of halogens is 1. The average molecular weight is 516 g/mol. The van der Waals surface area contributed by atoms with Gasteiger partial charge in [0.05, 0.1) is 9.77 Å². The molecule has 0 bridgehead atoms. The van der Waals surface area contributed by atoms with Gasteiger partial charge >= 0.3 is 0 Å². The number of rotatable bonds is 6. The van der Waals surface area contributed by atoms with Crippen LogP contribution in [0.3, 0.4) is 0 Å². The zero-order chi connectivity index (χ0) is 25.0. The van der Waals surface area contributed by atoms with Gasteiger partial charge in [0.2, 0.25) is 15.2 Å². The second-order valence-corrected chi connectivity index (χ2v) is 10.8. The molecule has 1 aliphatic rings. The van der Waals surface area contributed by atoms with Crippen molar-refractivity contribution >= 4 is 38.9 Å². The van der Waals surface area contributed by atoms with E-state index in [0.29, 0.717) is 0 Å². The molecule has 2 aromatic carbocycles. The van der Waals surface area contributed by atoms with Gasteiger partial charge < -0.3 is 15.1 Å². The molecule has 0 saturated carbocycles. The molecule has 35 heavy (non-hydrogen) atoms. The topological polar surface area (TPSA) is 104 Å². The summed E-state index contributed by atoms with van der Waals surface area (Å²) in [5, 5.41) is 2.24.